The van der Waals surface area contributed by atoms with Crippen LogP contribution in [0.15, 0.2) is 42.0 Å². The number of carbonyl (C=O) groups is 3. The number of imide groups is 1. The maximum absolute atomic E-state index is 12.3. The summed E-state index contributed by atoms with van der Waals surface area (Å²) in [7, 11) is 1.16. The van der Waals surface area contributed by atoms with Gasteiger partial charge in [-0.2, -0.15) is 0 Å². The number of carbonyl (C=O) groups excluding carboxylic acids is 3. The van der Waals surface area contributed by atoms with Gasteiger partial charge in [0.2, 0.25) is 0 Å². The van der Waals surface area contributed by atoms with Crippen LogP contribution in [-0.2, 0) is 4.74 Å². The molecule has 0 bridgehead atoms. The van der Waals surface area contributed by atoms with Crippen LogP contribution in [0.4, 0.5) is 9.80 Å². The van der Waals surface area contributed by atoms with Crippen molar-refractivity contribution in [1.29, 1.82) is 0 Å². The number of aromatic nitrogens is 2. The van der Waals surface area contributed by atoms with Crippen molar-refractivity contribution in [1.82, 2.24) is 14.7 Å². The number of amides is 3. The van der Waals surface area contributed by atoms with Gasteiger partial charge < -0.3 is 14.5 Å². The molecule has 0 aliphatic rings. The van der Waals surface area contributed by atoms with Gasteiger partial charge in [-0.15, -0.1) is 11.3 Å². The second kappa shape index (κ2) is 6.50. The highest BCUT2D eigenvalue weighted by Gasteiger charge is 2.19. The van der Waals surface area contributed by atoms with Crippen molar-refractivity contribution in [3.05, 3.63) is 53.3 Å². The Balaban J connectivity index is 1.79. The van der Waals surface area contributed by atoms with Crippen LogP contribution < -0.4 is 10.6 Å². The van der Waals surface area contributed by atoms with Crippen LogP contribution in [0.5, 0.6) is 0 Å². The lowest BCUT2D eigenvalue weighted by atomic mass is 10.3. The van der Waals surface area contributed by atoms with Crippen LogP contribution in [0.25, 0.3) is 5.65 Å². The van der Waals surface area contributed by atoms with Gasteiger partial charge in [-0.1, -0.05) is 6.07 Å². The fourth-order valence-electron chi connectivity index (χ4n) is 2.01. The zero-order chi connectivity index (χ0) is 17.1. The van der Waals surface area contributed by atoms with Crippen molar-refractivity contribution in [2.45, 2.75) is 0 Å². The molecule has 0 saturated heterocycles. The number of rotatable bonds is 3. The highest BCUT2D eigenvalue weighted by Crippen LogP contribution is 2.24. The van der Waals surface area contributed by atoms with Gasteiger partial charge in [0, 0.05) is 12.4 Å². The molecule has 0 fully saturated rings. The lowest BCUT2D eigenvalue weighted by molar-refractivity contribution is 0.0938. The normalized spacial score (nSPS) is 10.4. The molecule has 0 unspecified atom stereocenters. The maximum atomic E-state index is 12.3. The molecule has 3 aromatic rings. The minimum Gasteiger partial charge on any atom is -0.453 e. The largest absolute Gasteiger partial charge is 0.453 e. The zero-order valence-corrected chi connectivity index (χ0v) is 13.3. The second-order valence-corrected chi connectivity index (χ2v) is 5.57. The van der Waals surface area contributed by atoms with Crippen molar-refractivity contribution >= 4 is 39.9 Å². The Labute approximate surface area is 140 Å². The molecule has 0 aliphatic carbocycles. The van der Waals surface area contributed by atoms with Crippen molar-refractivity contribution in [2.24, 2.45) is 0 Å². The van der Waals surface area contributed by atoms with E-state index in [-0.39, 0.29) is 11.3 Å². The van der Waals surface area contributed by atoms with E-state index in [9.17, 15) is 14.4 Å². The number of ether oxygens (including phenoxy) is 1. The van der Waals surface area contributed by atoms with Crippen LogP contribution in [0, 0.1) is 0 Å². The first kappa shape index (κ1) is 15.7. The summed E-state index contributed by atoms with van der Waals surface area (Å²) in [6, 6.07) is 6.92. The monoisotopic (exact) mass is 344 g/mol. The molecule has 0 aromatic carbocycles. The summed E-state index contributed by atoms with van der Waals surface area (Å²) in [5.41, 5.74) is 1.02. The Bertz CT molecular complexity index is 897. The number of anilines is 1. The van der Waals surface area contributed by atoms with Crippen molar-refractivity contribution < 1.29 is 19.1 Å². The number of fused-ring (bicyclic) bond motifs is 1. The lowest BCUT2D eigenvalue weighted by Crippen LogP contribution is -2.30. The quantitative estimate of drug-likeness (QED) is 0.758. The van der Waals surface area contributed by atoms with Crippen molar-refractivity contribution in [2.75, 3.05) is 12.4 Å². The molecule has 122 valence electrons. The highest BCUT2D eigenvalue weighted by atomic mass is 32.1. The second-order valence-electron chi connectivity index (χ2n) is 4.66. The van der Waals surface area contributed by atoms with Gasteiger partial charge in [-0.25, -0.2) is 9.78 Å². The third-order valence-corrected chi connectivity index (χ3v) is 3.96. The number of methoxy groups -OCH3 is 1. The summed E-state index contributed by atoms with van der Waals surface area (Å²) in [6.07, 6.45) is 2.50. The molecular weight excluding hydrogens is 332 g/mol. The molecule has 0 aliphatic heterocycles. The first-order valence-corrected chi connectivity index (χ1v) is 7.68. The minimum absolute atomic E-state index is 0.169. The maximum Gasteiger partial charge on any atom is 0.413 e. The van der Waals surface area contributed by atoms with Gasteiger partial charge in [-0.3, -0.25) is 14.9 Å². The van der Waals surface area contributed by atoms with Gasteiger partial charge >= 0.3 is 6.09 Å². The molecule has 3 heterocycles. The summed E-state index contributed by atoms with van der Waals surface area (Å²) < 4.78 is 6.09. The van der Waals surface area contributed by atoms with Crippen LogP contribution in [0.2, 0.25) is 0 Å². The lowest BCUT2D eigenvalue weighted by Gasteiger charge is -2.05. The first-order valence-electron chi connectivity index (χ1n) is 6.80. The molecule has 2 N–H and O–H groups in total. The molecule has 3 aromatic heterocycles. The third kappa shape index (κ3) is 3.10. The summed E-state index contributed by atoms with van der Waals surface area (Å²) in [4.78, 5) is 39.6. The molecule has 3 amide bonds. The number of hydrogen-bond acceptors (Lipinski definition) is 6. The third-order valence-electron chi connectivity index (χ3n) is 3.13. The van der Waals surface area contributed by atoms with Gasteiger partial charge in [0.1, 0.15) is 16.3 Å². The molecule has 9 heteroatoms. The van der Waals surface area contributed by atoms with Gasteiger partial charge in [0.25, 0.3) is 11.8 Å². The average Bonchev–Trinajstić information content (AvgIpc) is 3.20. The average molecular weight is 344 g/mol. The fraction of sp³-hybridized carbons (Fsp3) is 0.0667. The molecule has 3 rings (SSSR count). The van der Waals surface area contributed by atoms with Crippen molar-refractivity contribution in [3.8, 4) is 0 Å². The molecule has 24 heavy (non-hydrogen) atoms. The van der Waals surface area contributed by atoms with Crippen LogP contribution in [0.1, 0.15) is 20.8 Å². The standard InChI is InChI=1S/C15H12N4O4S/c1-23-15(22)18-12(20)9-5-7-24-14(9)17-13(21)10-8-19-6-3-2-4-11(19)16-10/h2-8H,1H3,(H,17,21)(H,18,20,22). The van der Waals surface area contributed by atoms with E-state index in [0.29, 0.717) is 10.6 Å². The molecule has 0 saturated carbocycles. The predicted molar refractivity (Wildman–Crippen MR) is 87.3 cm³/mol. The summed E-state index contributed by atoms with van der Waals surface area (Å²) in [5, 5.41) is 6.62. The summed E-state index contributed by atoms with van der Waals surface area (Å²) in [5.74, 6) is -1.11. The zero-order valence-electron chi connectivity index (χ0n) is 12.5. The van der Waals surface area contributed by atoms with E-state index < -0.39 is 17.9 Å². The van der Waals surface area contributed by atoms with Crippen LogP contribution in [0.3, 0.4) is 0 Å². The summed E-state index contributed by atoms with van der Waals surface area (Å²) in [6.45, 7) is 0. The van der Waals surface area contributed by atoms with E-state index in [1.165, 1.54) is 6.07 Å². The number of pyridine rings is 1. The van der Waals surface area contributed by atoms with E-state index in [0.717, 1.165) is 18.4 Å². The predicted octanol–water partition coefficient (Wildman–Crippen LogP) is 2.14. The number of alkyl carbamates (subject to hydrolysis) is 1. The SMILES string of the molecule is COC(=O)NC(=O)c1ccsc1NC(=O)c1cn2ccccc2n1. The minimum atomic E-state index is -0.871. The fourth-order valence-corrected chi connectivity index (χ4v) is 2.79. The van der Waals surface area contributed by atoms with Gasteiger partial charge in [0.05, 0.1) is 12.7 Å². The van der Waals surface area contributed by atoms with E-state index in [4.69, 9.17) is 0 Å². The summed E-state index contributed by atoms with van der Waals surface area (Å²) >= 11 is 1.16. The van der Waals surface area contributed by atoms with E-state index in [1.807, 2.05) is 17.4 Å². The van der Waals surface area contributed by atoms with E-state index in [2.05, 4.69) is 15.0 Å². The van der Waals surface area contributed by atoms with Crippen molar-refractivity contribution in [3.63, 3.8) is 0 Å². The number of nitrogens with zero attached hydrogens (tertiary/aromatic N) is 2. The Morgan fingerprint density at radius 3 is 2.79 bits per heavy atom. The number of hydrogen-bond donors (Lipinski definition) is 2. The molecule has 0 atom stereocenters. The van der Waals surface area contributed by atoms with E-state index in [1.54, 1.807) is 28.2 Å². The van der Waals surface area contributed by atoms with Crippen LogP contribution >= 0.6 is 11.3 Å². The Kier molecular flexibility index (Phi) is 4.25. The number of imidazole rings is 1. The van der Waals surface area contributed by atoms with Gasteiger partial charge in [-0.05, 0) is 23.6 Å². The molecule has 8 nitrogen and oxygen atoms in total. The highest BCUT2D eigenvalue weighted by molar-refractivity contribution is 7.14. The number of nitrogens with one attached hydrogen (secondary N) is 2. The topological polar surface area (TPSA) is 102 Å². The van der Waals surface area contributed by atoms with E-state index >= 15 is 0 Å². The van der Waals surface area contributed by atoms with Gasteiger partial charge in [0.15, 0.2) is 0 Å². The smallest absolute Gasteiger partial charge is 0.413 e. The first-order chi connectivity index (χ1) is 11.6. The molecule has 0 spiro atoms. The Morgan fingerprint density at radius 2 is 2.04 bits per heavy atom. The Hall–Kier alpha value is -3.20. The molecule has 0 radical (unpaired) electrons. The number of thiophene rings is 1. The van der Waals surface area contributed by atoms with Crippen LogP contribution in [-0.4, -0.2) is 34.4 Å². The molecular formula is C15H12N4O4S. The Morgan fingerprint density at radius 1 is 1.21 bits per heavy atom.